The molecule has 38 heavy (non-hydrogen) atoms. The molecule has 10 nitrogen and oxygen atoms in total. The summed E-state index contributed by atoms with van der Waals surface area (Å²) < 4.78 is 13.7. The lowest BCUT2D eigenvalue weighted by Crippen LogP contribution is -2.35. The van der Waals surface area contributed by atoms with Crippen molar-refractivity contribution in [2.75, 3.05) is 31.5 Å². The predicted molar refractivity (Wildman–Crippen MR) is 142 cm³/mol. The van der Waals surface area contributed by atoms with Gasteiger partial charge in [-0.2, -0.15) is 0 Å². The number of aromatic nitrogens is 1. The summed E-state index contributed by atoms with van der Waals surface area (Å²) in [5.41, 5.74) is 4.20. The van der Waals surface area contributed by atoms with Crippen LogP contribution >= 0.6 is 0 Å². The van der Waals surface area contributed by atoms with Crippen molar-refractivity contribution in [2.45, 2.75) is 41.0 Å². The molecule has 1 unspecified atom stereocenters. The Morgan fingerprint density at radius 2 is 1.82 bits per heavy atom. The number of fused-ring (bicyclic) bond motifs is 1. The van der Waals surface area contributed by atoms with Crippen LogP contribution in [0.4, 0.5) is 10.1 Å². The minimum absolute atomic E-state index is 0.143. The van der Waals surface area contributed by atoms with E-state index in [1.807, 2.05) is 13.8 Å². The molecular formula is C27H35FN4O6. The number of anilines is 1. The normalized spacial score (nSPS) is 14.0. The van der Waals surface area contributed by atoms with Gasteiger partial charge in [0.1, 0.15) is 5.82 Å². The predicted octanol–water partition coefficient (Wildman–Crippen LogP) is 3.52. The molecule has 1 atom stereocenters. The van der Waals surface area contributed by atoms with Crippen molar-refractivity contribution in [3.63, 3.8) is 0 Å². The van der Waals surface area contributed by atoms with E-state index in [-0.39, 0.29) is 18.2 Å². The van der Waals surface area contributed by atoms with Gasteiger partial charge in [0, 0.05) is 35.7 Å². The number of rotatable bonds is 10. The Bertz CT molecular complexity index is 1230. The van der Waals surface area contributed by atoms with Crippen molar-refractivity contribution >= 4 is 41.1 Å². The van der Waals surface area contributed by atoms with Gasteiger partial charge in [0.05, 0.1) is 23.5 Å². The molecule has 0 fully saturated rings. The third kappa shape index (κ3) is 7.75. The Kier molecular flexibility index (Phi) is 10.8. The van der Waals surface area contributed by atoms with Crippen LogP contribution in [0.1, 0.15) is 60.1 Å². The highest BCUT2D eigenvalue weighted by Crippen LogP contribution is 2.34. The van der Waals surface area contributed by atoms with Crippen molar-refractivity contribution in [2.24, 2.45) is 5.92 Å². The van der Waals surface area contributed by atoms with Gasteiger partial charge in [-0.1, -0.05) is 20.8 Å². The highest BCUT2D eigenvalue weighted by Gasteiger charge is 2.26. The standard InChI is InChI=1S/C22H27FN4O2.C5H8O4/c1-5-27(6-2)10-9-24-22(29)20-13(3)19(25-14(20)4)12-17-16-11-15(23)7-8-18(16)26-21(17)28;1-3(5(8)9)2-4(6)7/h7-8,11-12,25H,5-6,9-10H2,1-4H3,(H,24,29)(H,26,28);3H,2H2,1H3,(H,6,7)(H,8,9). The number of amides is 2. The number of aliphatic carboxylic acids is 2. The molecule has 0 saturated heterocycles. The molecule has 2 heterocycles. The molecule has 2 aromatic rings. The van der Waals surface area contributed by atoms with Crippen molar-refractivity contribution in [1.82, 2.24) is 15.2 Å². The number of hydrogen-bond donors (Lipinski definition) is 5. The van der Waals surface area contributed by atoms with Gasteiger partial charge < -0.3 is 30.7 Å². The van der Waals surface area contributed by atoms with E-state index in [1.54, 1.807) is 12.1 Å². The molecular weight excluding hydrogens is 495 g/mol. The third-order valence-electron chi connectivity index (χ3n) is 6.27. The quantitative estimate of drug-likeness (QED) is 0.295. The van der Waals surface area contributed by atoms with Gasteiger partial charge in [0.2, 0.25) is 0 Å². The molecule has 0 bridgehead atoms. The zero-order valence-corrected chi connectivity index (χ0v) is 22.3. The SMILES string of the molecule is CC(CC(=O)O)C(=O)O.CCN(CC)CCNC(=O)c1c(C)[nH]c(C=C2C(=O)Nc3ccc(F)cc32)c1C. The second-order valence-corrected chi connectivity index (χ2v) is 8.99. The molecule has 0 radical (unpaired) electrons. The summed E-state index contributed by atoms with van der Waals surface area (Å²) in [7, 11) is 0. The topological polar surface area (TPSA) is 152 Å². The van der Waals surface area contributed by atoms with Gasteiger partial charge in [-0.3, -0.25) is 19.2 Å². The van der Waals surface area contributed by atoms with Crippen LogP contribution in [0.3, 0.4) is 0 Å². The number of halogens is 1. The summed E-state index contributed by atoms with van der Waals surface area (Å²) in [6.07, 6.45) is 1.37. The maximum Gasteiger partial charge on any atom is 0.306 e. The number of H-pyrrole nitrogens is 1. The second kappa shape index (κ2) is 13.5. The summed E-state index contributed by atoms with van der Waals surface area (Å²) in [4.78, 5) is 50.3. The number of benzene rings is 1. The fourth-order valence-electron chi connectivity index (χ4n) is 4.01. The average molecular weight is 531 g/mol. The van der Waals surface area contributed by atoms with E-state index in [0.29, 0.717) is 34.6 Å². The van der Waals surface area contributed by atoms with Gasteiger partial charge in [0.15, 0.2) is 0 Å². The fourth-order valence-corrected chi connectivity index (χ4v) is 4.01. The van der Waals surface area contributed by atoms with E-state index in [9.17, 15) is 23.6 Å². The number of carboxylic acid groups (broad SMARTS) is 2. The number of carboxylic acids is 2. The van der Waals surface area contributed by atoms with Gasteiger partial charge in [-0.05, 0) is 56.8 Å². The number of aromatic amines is 1. The number of nitrogens with zero attached hydrogens (tertiary/aromatic N) is 1. The summed E-state index contributed by atoms with van der Waals surface area (Å²) in [5, 5.41) is 21.9. The van der Waals surface area contributed by atoms with Crippen LogP contribution in [0.5, 0.6) is 0 Å². The molecule has 3 rings (SSSR count). The highest BCUT2D eigenvalue weighted by atomic mass is 19.1. The van der Waals surface area contributed by atoms with E-state index in [1.165, 1.54) is 19.1 Å². The van der Waals surface area contributed by atoms with Gasteiger partial charge >= 0.3 is 11.9 Å². The first kappa shape index (κ1) is 30.2. The Balaban J connectivity index is 0.000000484. The van der Waals surface area contributed by atoms with Gasteiger partial charge in [-0.15, -0.1) is 0 Å². The van der Waals surface area contributed by atoms with Crippen LogP contribution in [0.15, 0.2) is 18.2 Å². The van der Waals surface area contributed by atoms with E-state index in [0.717, 1.165) is 30.9 Å². The van der Waals surface area contributed by atoms with Crippen LogP contribution in [-0.4, -0.2) is 70.0 Å². The fraction of sp³-hybridized carbons (Fsp3) is 0.407. The third-order valence-corrected chi connectivity index (χ3v) is 6.27. The van der Waals surface area contributed by atoms with Crippen LogP contribution in [-0.2, 0) is 14.4 Å². The zero-order valence-electron chi connectivity index (χ0n) is 22.3. The number of nitrogens with one attached hydrogen (secondary N) is 3. The molecule has 1 aliphatic heterocycles. The lowest BCUT2D eigenvalue weighted by molar-refractivity contribution is -0.147. The summed E-state index contributed by atoms with van der Waals surface area (Å²) in [5.74, 6) is -3.78. The van der Waals surface area contributed by atoms with Crippen molar-refractivity contribution < 1.29 is 33.8 Å². The maximum atomic E-state index is 13.7. The highest BCUT2D eigenvalue weighted by molar-refractivity contribution is 6.34. The lowest BCUT2D eigenvalue weighted by atomic mass is 10.0. The van der Waals surface area contributed by atoms with E-state index >= 15 is 0 Å². The minimum Gasteiger partial charge on any atom is -0.481 e. The Labute approximate surface area is 220 Å². The molecule has 2 amide bonds. The van der Waals surface area contributed by atoms with E-state index in [4.69, 9.17) is 10.2 Å². The van der Waals surface area contributed by atoms with Gasteiger partial charge in [0.25, 0.3) is 11.8 Å². The number of carbonyl (C=O) groups is 4. The molecule has 1 aromatic heterocycles. The molecule has 0 saturated carbocycles. The minimum atomic E-state index is -1.08. The number of carbonyl (C=O) groups excluding carboxylic acids is 2. The monoisotopic (exact) mass is 530 g/mol. The second-order valence-electron chi connectivity index (χ2n) is 8.99. The summed E-state index contributed by atoms with van der Waals surface area (Å²) >= 11 is 0. The number of aryl methyl sites for hydroxylation is 1. The first-order valence-corrected chi connectivity index (χ1v) is 12.4. The van der Waals surface area contributed by atoms with Crippen LogP contribution < -0.4 is 10.6 Å². The van der Waals surface area contributed by atoms with Crippen LogP contribution in [0.25, 0.3) is 11.6 Å². The smallest absolute Gasteiger partial charge is 0.306 e. The van der Waals surface area contributed by atoms with Crippen molar-refractivity contribution in [3.8, 4) is 0 Å². The summed E-state index contributed by atoms with van der Waals surface area (Å²) in [6, 6.07) is 4.20. The Morgan fingerprint density at radius 3 is 2.37 bits per heavy atom. The van der Waals surface area contributed by atoms with Crippen LogP contribution in [0, 0.1) is 25.6 Å². The van der Waals surface area contributed by atoms with E-state index < -0.39 is 23.7 Å². The molecule has 206 valence electrons. The molecule has 1 aliphatic rings. The zero-order chi connectivity index (χ0) is 28.6. The molecule has 0 spiro atoms. The molecule has 5 N–H and O–H groups in total. The molecule has 11 heteroatoms. The first-order valence-electron chi connectivity index (χ1n) is 12.4. The van der Waals surface area contributed by atoms with E-state index in [2.05, 4.69) is 34.4 Å². The molecule has 0 aliphatic carbocycles. The molecule has 1 aromatic carbocycles. The van der Waals surface area contributed by atoms with Gasteiger partial charge in [-0.25, -0.2) is 4.39 Å². The summed E-state index contributed by atoms with van der Waals surface area (Å²) in [6.45, 7) is 12.5. The average Bonchev–Trinajstić information content (AvgIpc) is 3.31. The Morgan fingerprint density at radius 1 is 1.16 bits per heavy atom. The number of hydrogen-bond acceptors (Lipinski definition) is 5. The van der Waals surface area contributed by atoms with Crippen molar-refractivity contribution in [3.05, 3.63) is 52.1 Å². The largest absolute Gasteiger partial charge is 0.481 e. The maximum absolute atomic E-state index is 13.7. The Hall–Kier alpha value is -3.99. The lowest BCUT2D eigenvalue weighted by Gasteiger charge is -2.18. The number of likely N-dealkylation sites (N-methyl/N-ethyl adjacent to an activating group) is 1. The first-order chi connectivity index (χ1) is 17.9. The van der Waals surface area contributed by atoms with Crippen molar-refractivity contribution in [1.29, 1.82) is 0 Å². The van der Waals surface area contributed by atoms with Crippen LogP contribution in [0.2, 0.25) is 0 Å².